The van der Waals surface area contributed by atoms with Crippen LogP contribution in [0.2, 0.25) is 0 Å². The maximum Gasteiger partial charge on any atom is 0.309 e. The van der Waals surface area contributed by atoms with Crippen molar-refractivity contribution in [1.29, 1.82) is 0 Å². The lowest BCUT2D eigenvalue weighted by molar-refractivity contribution is -0.110. The molecule has 3 nitrogen and oxygen atoms in total. The zero-order valence-electron chi connectivity index (χ0n) is 13.0. The fourth-order valence-electron chi connectivity index (χ4n) is 2.51. The molecule has 0 unspecified atom stereocenters. The lowest BCUT2D eigenvalue weighted by Gasteiger charge is -2.32. The second-order valence-corrected chi connectivity index (χ2v) is 9.12. The fraction of sp³-hybridized carbons (Fsp3) is 0.375. The molecule has 2 heterocycles. The molecular weight excluding hydrogens is 334 g/mol. The zero-order valence-corrected chi connectivity index (χ0v) is 15.4. The van der Waals surface area contributed by atoms with E-state index in [0.29, 0.717) is 6.42 Å². The minimum atomic E-state index is -0.133. The highest BCUT2D eigenvalue weighted by molar-refractivity contribution is 8.16. The van der Waals surface area contributed by atoms with Gasteiger partial charge in [-0.1, -0.05) is 6.92 Å². The van der Waals surface area contributed by atoms with Gasteiger partial charge < -0.3 is 10.1 Å². The lowest BCUT2D eigenvalue weighted by atomic mass is 9.90. The molecule has 0 fully saturated rings. The van der Waals surface area contributed by atoms with Gasteiger partial charge in [0.1, 0.15) is 10.6 Å². The van der Waals surface area contributed by atoms with Crippen LogP contribution >= 0.6 is 32.4 Å². The van der Waals surface area contributed by atoms with Crippen molar-refractivity contribution in [3.05, 3.63) is 23.1 Å². The number of carbonyl (C=O) groups is 1. The molecule has 1 N–H and O–H groups in total. The van der Waals surface area contributed by atoms with E-state index < -0.39 is 0 Å². The summed E-state index contributed by atoms with van der Waals surface area (Å²) < 4.78 is 6.46. The second kappa shape index (κ2) is 5.83. The maximum atomic E-state index is 11.9. The van der Waals surface area contributed by atoms with Gasteiger partial charge in [-0.05, 0) is 32.0 Å². The van der Waals surface area contributed by atoms with E-state index in [9.17, 15) is 4.79 Å². The van der Waals surface area contributed by atoms with E-state index in [1.165, 1.54) is 22.2 Å². The molecule has 0 atom stereocenters. The summed E-state index contributed by atoms with van der Waals surface area (Å²) in [7, 11) is 5.12. The van der Waals surface area contributed by atoms with Gasteiger partial charge in [0.15, 0.2) is 15.5 Å². The van der Waals surface area contributed by atoms with Crippen molar-refractivity contribution in [1.82, 2.24) is 0 Å². The molecule has 0 saturated heterocycles. The maximum absolute atomic E-state index is 11.9. The number of methoxy groups -OCH3 is 1. The Morgan fingerprint density at radius 2 is 2.23 bits per heavy atom. The summed E-state index contributed by atoms with van der Waals surface area (Å²) in [6, 6.07) is 6.07. The molecule has 1 aliphatic heterocycles. The first-order valence-corrected chi connectivity index (χ1v) is 10.1. The first-order valence-electron chi connectivity index (χ1n) is 7.10. The third-order valence-corrected chi connectivity index (χ3v) is 7.93. The molecule has 1 aliphatic rings. The minimum absolute atomic E-state index is 0.133. The third-order valence-electron chi connectivity index (χ3n) is 3.64. The Morgan fingerprint density at radius 3 is 2.91 bits per heavy atom. The largest absolute Gasteiger partial charge is 0.497 e. The Morgan fingerprint density at radius 1 is 1.45 bits per heavy atom. The average Bonchev–Trinajstić information content (AvgIpc) is 2.91. The molecule has 0 spiro atoms. The van der Waals surface area contributed by atoms with E-state index in [2.05, 4.69) is 31.3 Å². The number of rotatable bonds is 3. The number of carbonyl (C=O) groups excluding carboxylic acids is 1. The van der Waals surface area contributed by atoms with Crippen LogP contribution in [0, 0.1) is 0 Å². The Labute approximate surface area is 142 Å². The number of hydrogen-bond donors (Lipinski definition) is 1. The first-order chi connectivity index (χ1) is 10.5. The number of thioether (sulfide) groups is 1. The summed E-state index contributed by atoms with van der Waals surface area (Å²) in [6.07, 6.45) is 0.550. The molecule has 116 valence electrons. The number of hydrogen-bond acceptors (Lipinski definition) is 5. The summed E-state index contributed by atoms with van der Waals surface area (Å²) in [4.78, 5) is 13.2. The van der Waals surface area contributed by atoms with Crippen molar-refractivity contribution in [2.45, 2.75) is 36.9 Å². The summed E-state index contributed by atoms with van der Waals surface area (Å²) >= 11 is 1.36. The van der Waals surface area contributed by atoms with Crippen molar-refractivity contribution >= 4 is 43.2 Å². The van der Waals surface area contributed by atoms with E-state index >= 15 is 0 Å². The molecule has 22 heavy (non-hydrogen) atoms. The van der Waals surface area contributed by atoms with Gasteiger partial charge in [-0.3, -0.25) is 4.79 Å². The molecule has 0 bridgehead atoms. The number of ether oxygens (including phenoxy) is 1. The van der Waals surface area contributed by atoms with E-state index in [0.717, 1.165) is 21.2 Å². The van der Waals surface area contributed by atoms with Gasteiger partial charge in [-0.25, -0.2) is 0 Å². The van der Waals surface area contributed by atoms with Gasteiger partial charge in [0.2, 0.25) is 0 Å². The van der Waals surface area contributed by atoms with Crippen molar-refractivity contribution in [3.8, 4) is 16.9 Å². The van der Waals surface area contributed by atoms with Gasteiger partial charge >= 0.3 is 10.3 Å². The van der Waals surface area contributed by atoms with Crippen molar-refractivity contribution in [3.63, 3.8) is 0 Å². The van der Waals surface area contributed by atoms with E-state index in [1.807, 2.05) is 13.0 Å². The van der Waals surface area contributed by atoms with Crippen molar-refractivity contribution in [2.24, 2.45) is 0 Å². The van der Waals surface area contributed by atoms with Gasteiger partial charge in [-0.15, -0.1) is 0 Å². The van der Waals surface area contributed by atoms with E-state index in [1.54, 1.807) is 27.8 Å². The topological polar surface area (TPSA) is 38.3 Å². The molecule has 2 aromatic rings. The van der Waals surface area contributed by atoms with Crippen LogP contribution in [0.4, 0.5) is 5.69 Å². The predicted octanol–water partition coefficient (Wildman–Crippen LogP) is 5.46. The normalized spacial score (nSPS) is 14.7. The predicted molar refractivity (Wildman–Crippen MR) is 96.4 cm³/mol. The minimum Gasteiger partial charge on any atom is -0.497 e. The highest BCUT2D eigenvalue weighted by atomic mass is 32.9. The third kappa shape index (κ3) is 2.64. The van der Waals surface area contributed by atoms with Crippen LogP contribution in [0.5, 0.6) is 5.75 Å². The molecule has 6 heteroatoms. The van der Waals surface area contributed by atoms with Gasteiger partial charge in [0.25, 0.3) is 4.21 Å². The Bertz CT molecular complexity index is 737. The summed E-state index contributed by atoms with van der Waals surface area (Å²) in [5.41, 5.74) is 3.28. The standard InChI is InChI=1S/C16H18NO2S3/c1-5-12(18)20-15-13-10-8-9(19-4)6-7-11(10)17-16(2,3)14(13)21-22-15/h6-8,17H,5H2,1-4H3/q+1. The van der Waals surface area contributed by atoms with Crippen LogP contribution in [0.1, 0.15) is 32.1 Å². The quantitative estimate of drug-likeness (QED) is 0.452. The Hall–Kier alpha value is -1.11. The smallest absolute Gasteiger partial charge is 0.309 e. The summed E-state index contributed by atoms with van der Waals surface area (Å²) in [5.74, 6) is 0.833. The Balaban J connectivity index is 2.18. The summed E-state index contributed by atoms with van der Waals surface area (Å²) in [6.45, 7) is 6.26. The van der Waals surface area contributed by atoms with Crippen molar-refractivity contribution < 1.29 is 9.53 Å². The second-order valence-electron chi connectivity index (χ2n) is 5.65. The van der Waals surface area contributed by atoms with Crippen LogP contribution in [-0.2, 0) is 10.3 Å². The van der Waals surface area contributed by atoms with Crippen LogP contribution < -0.4 is 10.1 Å². The summed E-state index contributed by atoms with van der Waals surface area (Å²) in [5, 5.41) is 3.80. The van der Waals surface area contributed by atoms with Crippen LogP contribution in [0.15, 0.2) is 22.4 Å². The van der Waals surface area contributed by atoms with E-state index in [-0.39, 0.29) is 10.7 Å². The SMILES string of the molecule is CCC(=O)Sc1[s+]sc2c1-c1cc(OC)ccc1NC2(C)C. The molecule has 0 aliphatic carbocycles. The van der Waals surface area contributed by atoms with Crippen LogP contribution in [0.25, 0.3) is 11.1 Å². The molecule has 0 radical (unpaired) electrons. The molecule has 1 aromatic carbocycles. The monoisotopic (exact) mass is 352 g/mol. The fourth-order valence-corrected chi connectivity index (χ4v) is 6.94. The molecule has 0 saturated carbocycles. The zero-order chi connectivity index (χ0) is 15.9. The van der Waals surface area contributed by atoms with Gasteiger partial charge in [0.05, 0.1) is 18.2 Å². The number of anilines is 1. The highest BCUT2D eigenvalue weighted by Gasteiger charge is 2.40. The van der Waals surface area contributed by atoms with Gasteiger partial charge in [-0.2, -0.15) is 0 Å². The number of fused-ring (bicyclic) bond motifs is 3. The molecule has 3 rings (SSSR count). The number of benzene rings is 1. The van der Waals surface area contributed by atoms with E-state index in [4.69, 9.17) is 4.74 Å². The lowest BCUT2D eigenvalue weighted by Crippen LogP contribution is -2.30. The number of nitrogens with one attached hydrogen (secondary N) is 1. The molecular formula is C16H18NO2S3+. The highest BCUT2D eigenvalue weighted by Crippen LogP contribution is 2.53. The Kier molecular flexibility index (Phi) is 4.18. The van der Waals surface area contributed by atoms with Gasteiger partial charge in [0, 0.05) is 29.4 Å². The van der Waals surface area contributed by atoms with Crippen LogP contribution in [0.3, 0.4) is 0 Å². The first kappa shape index (κ1) is 15.8. The van der Waals surface area contributed by atoms with Crippen LogP contribution in [-0.4, -0.2) is 12.2 Å². The molecule has 1 aromatic heterocycles. The van der Waals surface area contributed by atoms with Crippen molar-refractivity contribution in [2.75, 3.05) is 12.4 Å². The molecule has 0 amide bonds. The average molecular weight is 353 g/mol.